The van der Waals surface area contributed by atoms with E-state index in [9.17, 15) is 14.4 Å². The molecule has 3 amide bonds. The third-order valence-electron chi connectivity index (χ3n) is 4.10. The van der Waals surface area contributed by atoms with Crippen molar-refractivity contribution in [3.05, 3.63) is 60.2 Å². The van der Waals surface area contributed by atoms with E-state index >= 15 is 0 Å². The second kappa shape index (κ2) is 9.52. The van der Waals surface area contributed by atoms with Crippen molar-refractivity contribution in [1.29, 1.82) is 0 Å². The molecule has 2 aromatic rings. The molecule has 6 heteroatoms. The quantitative estimate of drug-likeness (QED) is 0.818. The lowest BCUT2D eigenvalue weighted by Crippen LogP contribution is -2.34. The predicted octanol–water partition coefficient (Wildman–Crippen LogP) is 3.05. The van der Waals surface area contributed by atoms with E-state index in [4.69, 9.17) is 0 Å². The van der Waals surface area contributed by atoms with Crippen molar-refractivity contribution in [2.75, 3.05) is 23.8 Å². The first kappa shape index (κ1) is 20.2. The van der Waals surface area contributed by atoms with Gasteiger partial charge in [-0.3, -0.25) is 14.4 Å². The van der Waals surface area contributed by atoms with Gasteiger partial charge in [-0.1, -0.05) is 36.4 Å². The summed E-state index contributed by atoms with van der Waals surface area (Å²) in [5, 5.41) is 2.70. The minimum Gasteiger partial charge on any atom is -0.341 e. The van der Waals surface area contributed by atoms with Crippen LogP contribution in [-0.2, 0) is 20.9 Å². The van der Waals surface area contributed by atoms with Gasteiger partial charge < -0.3 is 15.1 Å². The van der Waals surface area contributed by atoms with Crippen LogP contribution in [0.3, 0.4) is 0 Å². The lowest BCUT2D eigenvalue weighted by atomic mass is 10.2. The number of nitrogens with one attached hydrogen (secondary N) is 1. The fourth-order valence-electron chi connectivity index (χ4n) is 2.77. The van der Waals surface area contributed by atoms with Crippen molar-refractivity contribution in [3.63, 3.8) is 0 Å². The van der Waals surface area contributed by atoms with Crippen LogP contribution in [0.25, 0.3) is 0 Å². The molecule has 2 aromatic carbocycles. The summed E-state index contributed by atoms with van der Waals surface area (Å²) in [6, 6.07) is 16.8. The van der Waals surface area contributed by atoms with Crippen LogP contribution in [0.5, 0.6) is 0 Å². The van der Waals surface area contributed by atoms with Gasteiger partial charge in [0.25, 0.3) is 0 Å². The zero-order valence-corrected chi connectivity index (χ0v) is 15.9. The van der Waals surface area contributed by atoms with Crippen molar-refractivity contribution >= 4 is 29.1 Å². The summed E-state index contributed by atoms with van der Waals surface area (Å²) < 4.78 is 0. The fraction of sp³-hybridized carbons (Fsp3) is 0.286. The van der Waals surface area contributed by atoms with Crippen molar-refractivity contribution in [1.82, 2.24) is 4.90 Å². The fourth-order valence-corrected chi connectivity index (χ4v) is 2.77. The molecule has 0 atom stereocenters. The van der Waals surface area contributed by atoms with Gasteiger partial charge in [-0.05, 0) is 23.8 Å². The molecule has 2 rings (SSSR count). The average Bonchev–Trinajstić information content (AvgIpc) is 2.62. The van der Waals surface area contributed by atoms with Crippen LogP contribution in [-0.4, -0.2) is 36.2 Å². The van der Waals surface area contributed by atoms with Gasteiger partial charge in [-0.25, -0.2) is 0 Å². The maximum atomic E-state index is 12.4. The highest BCUT2D eigenvalue weighted by atomic mass is 16.2. The molecular formula is C21H25N3O3. The second-order valence-electron chi connectivity index (χ2n) is 6.39. The number of rotatable bonds is 7. The molecule has 0 saturated heterocycles. The lowest BCUT2D eigenvalue weighted by molar-refractivity contribution is -0.130. The highest BCUT2D eigenvalue weighted by Gasteiger charge is 2.16. The van der Waals surface area contributed by atoms with E-state index in [1.165, 1.54) is 13.8 Å². The molecule has 0 fully saturated rings. The van der Waals surface area contributed by atoms with Gasteiger partial charge in [0.1, 0.15) is 0 Å². The van der Waals surface area contributed by atoms with E-state index in [1.807, 2.05) is 30.3 Å². The largest absolute Gasteiger partial charge is 0.341 e. The molecule has 0 aliphatic rings. The Bertz CT molecular complexity index is 805. The van der Waals surface area contributed by atoms with Gasteiger partial charge in [0, 0.05) is 51.8 Å². The summed E-state index contributed by atoms with van der Waals surface area (Å²) in [6.07, 6.45) is 0.216. The highest BCUT2D eigenvalue weighted by Crippen LogP contribution is 2.20. The zero-order valence-electron chi connectivity index (χ0n) is 15.9. The van der Waals surface area contributed by atoms with E-state index in [2.05, 4.69) is 5.32 Å². The van der Waals surface area contributed by atoms with Gasteiger partial charge in [-0.2, -0.15) is 0 Å². The summed E-state index contributed by atoms with van der Waals surface area (Å²) in [7, 11) is 1.75. The maximum Gasteiger partial charge on any atom is 0.224 e. The minimum atomic E-state index is -0.181. The summed E-state index contributed by atoms with van der Waals surface area (Å²) in [4.78, 5) is 38.9. The molecular weight excluding hydrogens is 342 g/mol. The normalized spacial score (nSPS) is 10.2. The first-order valence-corrected chi connectivity index (χ1v) is 8.80. The van der Waals surface area contributed by atoms with Crippen molar-refractivity contribution in [2.45, 2.75) is 26.8 Å². The molecule has 1 N–H and O–H groups in total. The van der Waals surface area contributed by atoms with E-state index in [-0.39, 0.29) is 30.7 Å². The molecule has 0 aliphatic carbocycles. The molecule has 0 radical (unpaired) electrons. The van der Waals surface area contributed by atoms with Crippen molar-refractivity contribution in [2.24, 2.45) is 0 Å². The number of amides is 3. The zero-order chi connectivity index (χ0) is 19.8. The van der Waals surface area contributed by atoms with Gasteiger partial charge in [0.05, 0.1) is 0 Å². The van der Waals surface area contributed by atoms with E-state index < -0.39 is 0 Å². The second-order valence-corrected chi connectivity index (χ2v) is 6.39. The van der Waals surface area contributed by atoms with Crippen LogP contribution < -0.4 is 10.2 Å². The standard InChI is InChI=1S/C21H25N3O3/c1-16(25)22-19-10-7-11-20(14-19)24(17(2)26)13-12-21(27)23(3)15-18-8-5-4-6-9-18/h4-11,14H,12-13,15H2,1-3H3,(H,22,25). The SMILES string of the molecule is CC(=O)Nc1cccc(N(CCC(=O)N(C)Cc2ccccc2)C(C)=O)c1. The van der Waals surface area contributed by atoms with Gasteiger partial charge >= 0.3 is 0 Å². The first-order valence-electron chi connectivity index (χ1n) is 8.80. The third-order valence-corrected chi connectivity index (χ3v) is 4.10. The molecule has 6 nitrogen and oxygen atoms in total. The maximum absolute atomic E-state index is 12.4. The summed E-state index contributed by atoms with van der Waals surface area (Å²) in [5.41, 5.74) is 2.31. The van der Waals surface area contributed by atoms with Gasteiger partial charge in [-0.15, -0.1) is 0 Å². The first-order chi connectivity index (χ1) is 12.9. The van der Waals surface area contributed by atoms with Gasteiger partial charge in [0.15, 0.2) is 0 Å². The average molecular weight is 367 g/mol. The number of benzene rings is 2. The minimum absolute atomic E-state index is 0.0388. The number of hydrogen-bond acceptors (Lipinski definition) is 3. The Morgan fingerprint density at radius 3 is 2.30 bits per heavy atom. The number of hydrogen-bond donors (Lipinski definition) is 1. The monoisotopic (exact) mass is 367 g/mol. The molecule has 0 unspecified atom stereocenters. The highest BCUT2D eigenvalue weighted by molar-refractivity contribution is 5.94. The molecule has 0 heterocycles. The van der Waals surface area contributed by atoms with E-state index in [1.54, 1.807) is 41.1 Å². The Kier molecular flexibility index (Phi) is 7.11. The van der Waals surface area contributed by atoms with Crippen LogP contribution in [0.15, 0.2) is 54.6 Å². The lowest BCUT2D eigenvalue weighted by Gasteiger charge is -2.23. The number of anilines is 2. The molecule has 0 saturated carbocycles. The predicted molar refractivity (Wildman–Crippen MR) is 106 cm³/mol. The topological polar surface area (TPSA) is 69.7 Å². The summed E-state index contributed by atoms with van der Waals surface area (Å²) in [5.74, 6) is -0.379. The molecule has 0 spiro atoms. The van der Waals surface area contributed by atoms with Crippen LogP contribution in [0, 0.1) is 0 Å². The van der Waals surface area contributed by atoms with Crippen molar-refractivity contribution < 1.29 is 14.4 Å². The van der Waals surface area contributed by atoms with E-state index in [0.717, 1.165) is 5.56 Å². The molecule has 27 heavy (non-hydrogen) atoms. The Labute approximate surface area is 159 Å². The van der Waals surface area contributed by atoms with Crippen LogP contribution in [0.1, 0.15) is 25.8 Å². The Balaban J connectivity index is 2.01. The molecule has 0 aromatic heterocycles. The molecule has 142 valence electrons. The molecule has 0 bridgehead atoms. The Hall–Kier alpha value is -3.15. The third kappa shape index (κ3) is 6.26. The molecule has 0 aliphatic heterocycles. The van der Waals surface area contributed by atoms with Crippen LogP contribution in [0.4, 0.5) is 11.4 Å². The van der Waals surface area contributed by atoms with Crippen molar-refractivity contribution in [3.8, 4) is 0 Å². The van der Waals surface area contributed by atoms with Crippen LogP contribution in [0.2, 0.25) is 0 Å². The number of carbonyl (C=O) groups excluding carboxylic acids is 3. The summed E-state index contributed by atoms with van der Waals surface area (Å²) in [6.45, 7) is 3.69. The Morgan fingerprint density at radius 1 is 0.963 bits per heavy atom. The Morgan fingerprint density at radius 2 is 1.67 bits per heavy atom. The van der Waals surface area contributed by atoms with E-state index in [0.29, 0.717) is 17.9 Å². The smallest absolute Gasteiger partial charge is 0.224 e. The van der Waals surface area contributed by atoms with Crippen LogP contribution >= 0.6 is 0 Å². The number of carbonyl (C=O) groups is 3. The van der Waals surface area contributed by atoms with Gasteiger partial charge in [0.2, 0.25) is 17.7 Å². The number of nitrogens with zero attached hydrogens (tertiary/aromatic N) is 2. The summed E-state index contributed by atoms with van der Waals surface area (Å²) >= 11 is 0.